The van der Waals surface area contributed by atoms with E-state index in [1.165, 1.54) is 0 Å². The Morgan fingerprint density at radius 2 is 1.50 bits per heavy atom. The van der Waals surface area contributed by atoms with Crippen LogP contribution in [-0.4, -0.2) is 4.98 Å². The predicted octanol–water partition coefficient (Wildman–Crippen LogP) is 3.87. The molecule has 0 fully saturated rings. The summed E-state index contributed by atoms with van der Waals surface area (Å²) >= 11 is 2.24. The van der Waals surface area contributed by atoms with E-state index in [9.17, 15) is 0 Å². The van der Waals surface area contributed by atoms with Crippen molar-refractivity contribution in [1.82, 2.24) is 4.98 Å². The molecule has 0 N–H and O–H groups in total. The quantitative estimate of drug-likeness (QED) is 0.680. The van der Waals surface area contributed by atoms with E-state index >= 15 is 0 Å². The first kappa shape index (κ1) is 12.0. The zero-order valence-electron chi connectivity index (χ0n) is 9.73. The molecule has 0 spiro atoms. The van der Waals surface area contributed by atoms with Crippen LogP contribution in [0.4, 0.5) is 0 Å². The van der Waals surface area contributed by atoms with Crippen molar-refractivity contribution in [1.29, 1.82) is 0 Å². The molecule has 1 heterocycles. The highest BCUT2D eigenvalue weighted by Crippen LogP contribution is 2.31. The lowest BCUT2D eigenvalue weighted by Gasteiger charge is -2.16. The predicted molar refractivity (Wildman–Crippen MR) is 66.6 cm³/mol. The van der Waals surface area contributed by atoms with Crippen LogP contribution in [-0.2, 0) is 10.8 Å². The fourth-order valence-corrected chi connectivity index (χ4v) is 2.22. The van der Waals surface area contributed by atoms with E-state index < -0.39 is 0 Å². The Kier molecular flexibility index (Phi) is 3.01. The Labute approximate surface area is 99.6 Å². The summed E-state index contributed by atoms with van der Waals surface area (Å²) in [5, 5.41) is 0. The lowest BCUT2D eigenvalue weighted by Crippen LogP contribution is -2.12. The second kappa shape index (κ2) is 3.51. The first-order valence-electron chi connectivity index (χ1n) is 4.79. The standard InChI is InChI=1S/C11H18INO/c1-10(2,3)7-8(12)13-9(14-7)11(4,5)6/h1-6H3. The van der Waals surface area contributed by atoms with Gasteiger partial charge in [0, 0.05) is 10.8 Å². The van der Waals surface area contributed by atoms with Gasteiger partial charge in [0.1, 0.15) is 9.46 Å². The maximum absolute atomic E-state index is 5.82. The third-order valence-corrected chi connectivity index (χ3v) is 2.64. The summed E-state index contributed by atoms with van der Waals surface area (Å²) in [6.45, 7) is 12.8. The number of aromatic nitrogens is 1. The van der Waals surface area contributed by atoms with Crippen LogP contribution >= 0.6 is 22.6 Å². The summed E-state index contributed by atoms with van der Waals surface area (Å²) in [6, 6.07) is 0. The van der Waals surface area contributed by atoms with Crippen molar-refractivity contribution in [2.45, 2.75) is 52.4 Å². The van der Waals surface area contributed by atoms with E-state index in [2.05, 4.69) is 69.1 Å². The van der Waals surface area contributed by atoms with Crippen LogP contribution in [0.25, 0.3) is 0 Å². The Balaban J connectivity index is 3.19. The van der Waals surface area contributed by atoms with Crippen LogP contribution in [0.15, 0.2) is 4.42 Å². The molecular formula is C11H18INO. The van der Waals surface area contributed by atoms with Crippen LogP contribution in [0.2, 0.25) is 0 Å². The molecule has 0 amide bonds. The van der Waals surface area contributed by atoms with Gasteiger partial charge in [0.25, 0.3) is 0 Å². The van der Waals surface area contributed by atoms with Crippen LogP contribution in [0.5, 0.6) is 0 Å². The average Bonchev–Trinajstić information content (AvgIpc) is 2.27. The van der Waals surface area contributed by atoms with Crippen LogP contribution in [0.3, 0.4) is 0 Å². The van der Waals surface area contributed by atoms with Crippen LogP contribution in [0.1, 0.15) is 53.2 Å². The van der Waals surface area contributed by atoms with Crippen molar-refractivity contribution < 1.29 is 4.42 Å². The van der Waals surface area contributed by atoms with Gasteiger partial charge in [0.15, 0.2) is 0 Å². The maximum atomic E-state index is 5.82. The summed E-state index contributed by atoms with van der Waals surface area (Å²) in [7, 11) is 0. The number of halogens is 1. The molecule has 1 aromatic heterocycles. The molecule has 14 heavy (non-hydrogen) atoms. The molecule has 0 saturated carbocycles. The van der Waals surface area contributed by atoms with Crippen molar-refractivity contribution in [3.8, 4) is 0 Å². The second-order valence-electron chi connectivity index (χ2n) is 5.64. The summed E-state index contributed by atoms with van der Waals surface area (Å²) in [5.41, 5.74) is 0.0243. The van der Waals surface area contributed by atoms with Gasteiger partial charge in [-0.05, 0) is 22.6 Å². The minimum absolute atomic E-state index is 0.0105. The largest absolute Gasteiger partial charge is 0.443 e. The van der Waals surface area contributed by atoms with Gasteiger partial charge in [-0.25, -0.2) is 4.98 Å². The summed E-state index contributed by atoms with van der Waals surface area (Å²) < 4.78 is 6.81. The highest BCUT2D eigenvalue weighted by molar-refractivity contribution is 14.1. The summed E-state index contributed by atoms with van der Waals surface area (Å²) in [4.78, 5) is 4.47. The van der Waals surface area contributed by atoms with Gasteiger partial charge in [-0.15, -0.1) is 0 Å². The van der Waals surface area contributed by atoms with E-state index in [1.54, 1.807) is 0 Å². The fraction of sp³-hybridized carbons (Fsp3) is 0.727. The molecule has 1 rings (SSSR count). The number of nitrogens with zero attached hydrogens (tertiary/aromatic N) is 1. The van der Waals surface area contributed by atoms with Gasteiger partial charge in [-0.3, -0.25) is 0 Å². The third kappa shape index (κ3) is 2.49. The van der Waals surface area contributed by atoms with E-state index in [1.807, 2.05) is 0 Å². The van der Waals surface area contributed by atoms with Gasteiger partial charge in [0.2, 0.25) is 5.89 Å². The van der Waals surface area contributed by atoms with E-state index in [-0.39, 0.29) is 10.8 Å². The third-order valence-electron chi connectivity index (χ3n) is 1.91. The highest BCUT2D eigenvalue weighted by atomic mass is 127. The maximum Gasteiger partial charge on any atom is 0.200 e. The first-order chi connectivity index (χ1) is 6.12. The molecule has 0 unspecified atom stereocenters. The van der Waals surface area contributed by atoms with Gasteiger partial charge in [-0.2, -0.15) is 0 Å². The molecule has 3 heteroatoms. The van der Waals surface area contributed by atoms with Crippen molar-refractivity contribution in [2.24, 2.45) is 0 Å². The van der Waals surface area contributed by atoms with Gasteiger partial charge in [0.05, 0.1) is 0 Å². The van der Waals surface area contributed by atoms with Crippen molar-refractivity contribution in [3.63, 3.8) is 0 Å². The molecule has 80 valence electrons. The molecule has 0 aliphatic rings. The smallest absolute Gasteiger partial charge is 0.200 e. The monoisotopic (exact) mass is 307 g/mol. The summed E-state index contributed by atoms with van der Waals surface area (Å²) in [5.74, 6) is 1.81. The number of hydrogen-bond acceptors (Lipinski definition) is 2. The van der Waals surface area contributed by atoms with Gasteiger partial charge in [-0.1, -0.05) is 41.5 Å². The molecule has 2 nitrogen and oxygen atoms in total. The van der Waals surface area contributed by atoms with Crippen LogP contribution in [0, 0.1) is 3.70 Å². The van der Waals surface area contributed by atoms with Crippen molar-refractivity contribution >= 4 is 22.6 Å². The molecule has 1 aromatic rings. The highest BCUT2D eigenvalue weighted by Gasteiger charge is 2.28. The lowest BCUT2D eigenvalue weighted by atomic mass is 9.94. The zero-order valence-corrected chi connectivity index (χ0v) is 11.9. The van der Waals surface area contributed by atoms with E-state index in [0.717, 1.165) is 15.4 Å². The van der Waals surface area contributed by atoms with E-state index in [0.29, 0.717) is 0 Å². The summed E-state index contributed by atoms with van der Waals surface area (Å²) in [6.07, 6.45) is 0. The Morgan fingerprint density at radius 1 is 1.00 bits per heavy atom. The molecule has 0 aromatic carbocycles. The van der Waals surface area contributed by atoms with E-state index in [4.69, 9.17) is 4.42 Å². The number of rotatable bonds is 0. The topological polar surface area (TPSA) is 26.0 Å². The second-order valence-corrected chi connectivity index (χ2v) is 6.66. The molecule has 0 atom stereocenters. The molecule has 0 aliphatic heterocycles. The van der Waals surface area contributed by atoms with Crippen molar-refractivity contribution in [3.05, 3.63) is 15.4 Å². The molecule has 0 radical (unpaired) electrons. The Bertz CT molecular complexity index is 328. The number of oxazole rings is 1. The molecule has 0 aliphatic carbocycles. The Hall–Kier alpha value is -0.0600. The fourth-order valence-electron chi connectivity index (χ4n) is 1.08. The van der Waals surface area contributed by atoms with Crippen molar-refractivity contribution in [2.75, 3.05) is 0 Å². The minimum Gasteiger partial charge on any atom is -0.443 e. The minimum atomic E-state index is -0.0105. The molecule has 0 saturated heterocycles. The first-order valence-corrected chi connectivity index (χ1v) is 5.87. The van der Waals surface area contributed by atoms with Gasteiger partial charge < -0.3 is 4.42 Å². The van der Waals surface area contributed by atoms with Gasteiger partial charge >= 0.3 is 0 Å². The molecule has 0 bridgehead atoms. The van der Waals surface area contributed by atoms with Crippen LogP contribution < -0.4 is 0 Å². The average molecular weight is 307 g/mol. The SMILES string of the molecule is CC(C)(C)c1nc(I)c(C(C)(C)C)o1. The number of hydrogen-bond donors (Lipinski definition) is 0. The zero-order chi connectivity index (χ0) is 11.1. The Morgan fingerprint density at radius 3 is 1.71 bits per heavy atom. The normalized spacial score (nSPS) is 13.4. The molecular weight excluding hydrogens is 289 g/mol. The lowest BCUT2D eigenvalue weighted by molar-refractivity contribution is 0.334.